The number of amides is 1. The summed E-state index contributed by atoms with van der Waals surface area (Å²) in [6, 6.07) is 13.1. The average Bonchev–Trinajstić information content (AvgIpc) is 3.28. The fourth-order valence-corrected chi connectivity index (χ4v) is 5.30. The molecule has 0 saturated carbocycles. The first-order valence-electron chi connectivity index (χ1n) is 8.48. The Balaban J connectivity index is 1.40. The lowest BCUT2D eigenvalue weighted by Gasteiger charge is -2.00. The zero-order chi connectivity index (χ0) is 19.5. The van der Waals surface area contributed by atoms with Crippen LogP contribution in [0.3, 0.4) is 0 Å². The van der Waals surface area contributed by atoms with Crippen LogP contribution in [0.25, 0.3) is 20.4 Å². The van der Waals surface area contributed by atoms with Gasteiger partial charge in [0.25, 0.3) is 0 Å². The summed E-state index contributed by atoms with van der Waals surface area (Å²) in [6.45, 7) is 2.09. The minimum absolute atomic E-state index is 0.145. The van der Waals surface area contributed by atoms with Gasteiger partial charge in [0.15, 0.2) is 9.47 Å². The van der Waals surface area contributed by atoms with Crippen molar-refractivity contribution in [1.29, 1.82) is 0 Å². The molecule has 0 aliphatic carbocycles. The van der Waals surface area contributed by atoms with Gasteiger partial charge in [-0.15, -0.1) is 11.3 Å². The Morgan fingerprint density at radius 1 is 1.07 bits per heavy atom. The van der Waals surface area contributed by atoms with Gasteiger partial charge in [-0.1, -0.05) is 35.2 Å². The molecule has 0 bridgehead atoms. The van der Waals surface area contributed by atoms with E-state index in [1.165, 1.54) is 23.1 Å². The second-order valence-corrected chi connectivity index (χ2v) is 8.99. The van der Waals surface area contributed by atoms with Crippen molar-refractivity contribution in [2.45, 2.75) is 11.3 Å². The second-order valence-electron chi connectivity index (χ2n) is 5.71. The molecule has 9 heteroatoms. The van der Waals surface area contributed by atoms with Crippen molar-refractivity contribution in [1.82, 2.24) is 9.97 Å². The van der Waals surface area contributed by atoms with Crippen LogP contribution in [0.5, 0.6) is 0 Å². The molecular weight excluding hydrogens is 414 g/mol. The molecule has 0 saturated heterocycles. The van der Waals surface area contributed by atoms with E-state index in [1.807, 2.05) is 24.3 Å². The molecular formula is C19H15N3O3S3. The maximum atomic E-state index is 12.3. The maximum absolute atomic E-state index is 12.3. The minimum atomic E-state index is -0.365. The van der Waals surface area contributed by atoms with Crippen molar-refractivity contribution < 1.29 is 14.3 Å². The molecule has 2 heterocycles. The molecule has 142 valence electrons. The van der Waals surface area contributed by atoms with Gasteiger partial charge in [0.05, 0.1) is 38.4 Å². The van der Waals surface area contributed by atoms with Crippen LogP contribution in [0.1, 0.15) is 17.3 Å². The summed E-state index contributed by atoms with van der Waals surface area (Å²) in [5.41, 5.74) is 2.15. The van der Waals surface area contributed by atoms with Crippen LogP contribution in [-0.4, -0.2) is 34.2 Å². The standard InChI is InChI=1S/C19H15N3O3S3/c1-2-25-17(24)11-7-8-13-15(9-11)27-18(20-13)22-16(23)10-26-19-21-12-5-3-4-6-14(12)28-19/h3-9H,2,10H2,1H3,(H,20,22,23). The van der Waals surface area contributed by atoms with Crippen LogP contribution in [-0.2, 0) is 9.53 Å². The van der Waals surface area contributed by atoms with Crippen LogP contribution < -0.4 is 5.32 Å². The van der Waals surface area contributed by atoms with E-state index in [0.29, 0.717) is 17.3 Å². The smallest absolute Gasteiger partial charge is 0.338 e. The lowest BCUT2D eigenvalue weighted by atomic mass is 10.2. The summed E-state index contributed by atoms with van der Waals surface area (Å²) < 4.78 is 7.80. The number of ether oxygens (including phenoxy) is 1. The van der Waals surface area contributed by atoms with Gasteiger partial charge in [-0.05, 0) is 37.3 Å². The van der Waals surface area contributed by atoms with Crippen LogP contribution in [0, 0.1) is 0 Å². The largest absolute Gasteiger partial charge is 0.462 e. The molecule has 4 rings (SSSR count). The Hall–Kier alpha value is -2.49. The van der Waals surface area contributed by atoms with Gasteiger partial charge in [-0.3, -0.25) is 4.79 Å². The topological polar surface area (TPSA) is 81.2 Å². The van der Waals surface area contributed by atoms with Crippen LogP contribution in [0.2, 0.25) is 0 Å². The summed E-state index contributed by atoms with van der Waals surface area (Å²) in [7, 11) is 0. The van der Waals surface area contributed by atoms with Crippen LogP contribution >= 0.6 is 34.4 Å². The van der Waals surface area contributed by atoms with Gasteiger partial charge in [0, 0.05) is 0 Å². The predicted octanol–water partition coefficient (Wildman–Crippen LogP) is 4.81. The third kappa shape index (κ3) is 4.16. The summed E-state index contributed by atoms with van der Waals surface area (Å²) in [4.78, 5) is 33.0. The maximum Gasteiger partial charge on any atom is 0.338 e. The van der Waals surface area contributed by atoms with Crippen molar-refractivity contribution in [3.63, 3.8) is 0 Å². The first-order valence-corrected chi connectivity index (χ1v) is 11.1. The molecule has 0 spiro atoms. The predicted molar refractivity (Wildman–Crippen MR) is 115 cm³/mol. The Bertz CT molecular complexity index is 1140. The molecule has 28 heavy (non-hydrogen) atoms. The molecule has 1 amide bonds. The summed E-state index contributed by atoms with van der Waals surface area (Å²) in [5, 5.41) is 3.32. The summed E-state index contributed by atoms with van der Waals surface area (Å²) in [6.07, 6.45) is 0. The Morgan fingerprint density at radius 2 is 1.89 bits per heavy atom. The lowest BCUT2D eigenvalue weighted by molar-refractivity contribution is -0.113. The normalized spacial score (nSPS) is 11.0. The van der Waals surface area contributed by atoms with Gasteiger partial charge in [0.1, 0.15) is 0 Å². The number of aromatic nitrogens is 2. The average molecular weight is 430 g/mol. The molecule has 2 aromatic heterocycles. The van der Waals surface area contributed by atoms with Crippen LogP contribution in [0.4, 0.5) is 5.13 Å². The number of esters is 1. The number of thiazole rings is 2. The second kappa shape index (κ2) is 8.26. The van der Waals surface area contributed by atoms with Crippen molar-refractivity contribution in [3.05, 3.63) is 48.0 Å². The summed E-state index contributed by atoms with van der Waals surface area (Å²) in [5.74, 6) is -0.256. The fourth-order valence-electron chi connectivity index (χ4n) is 2.51. The van der Waals surface area contributed by atoms with E-state index in [4.69, 9.17) is 4.74 Å². The molecule has 0 aliphatic rings. The minimum Gasteiger partial charge on any atom is -0.462 e. The number of nitrogens with one attached hydrogen (secondary N) is 1. The number of para-hydroxylation sites is 1. The first-order chi connectivity index (χ1) is 13.6. The number of hydrogen-bond acceptors (Lipinski definition) is 8. The molecule has 4 aromatic rings. The number of thioether (sulfide) groups is 1. The molecule has 0 aliphatic heterocycles. The molecule has 0 radical (unpaired) electrons. The molecule has 0 unspecified atom stereocenters. The van der Waals surface area contributed by atoms with E-state index in [0.717, 1.165) is 24.8 Å². The highest BCUT2D eigenvalue weighted by atomic mass is 32.2. The van der Waals surface area contributed by atoms with Gasteiger partial charge >= 0.3 is 5.97 Å². The number of rotatable bonds is 6. The van der Waals surface area contributed by atoms with E-state index < -0.39 is 0 Å². The third-order valence-electron chi connectivity index (χ3n) is 3.75. The number of benzene rings is 2. The zero-order valence-electron chi connectivity index (χ0n) is 14.8. The number of nitrogens with zero attached hydrogens (tertiary/aromatic N) is 2. The molecule has 0 atom stereocenters. The van der Waals surface area contributed by atoms with E-state index in [9.17, 15) is 9.59 Å². The molecule has 1 N–H and O–H groups in total. The Labute approximate surface area is 173 Å². The van der Waals surface area contributed by atoms with Gasteiger partial charge < -0.3 is 10.1 Å². The van der Waals surface area contributed by atoms with Gasteiger partial charge in [-0.25, -0.2) is 14.8 Å². The highest BCUT2D eigenvalue weighted by Gasteiger charge is 2.13. The number of anilines is 1. The number of carbonyl (C=O) groups is 2. The van der Waals surface area contributed by atoms with E-state index in [1.54, 1.807) is 36.5 Å². The number of fused-ring (bicyclic) bond motifs is 2. The molecule has 0 fully saturated rings. The fraction of sp³-hybridized carbons (Fsp3) is 0.158. The first kappa shape index (κ1) is 18.9. The number of hydrogen-bond donors (Lipinski definition) is 1. The summed E-state index contributed by atoms with van der Waals surface area (Å²) >= 11 is 4.30. The van der Waals surface area contributed by atoms with E-state index >= 15 is 0 Å². The molecule has 2 aromatic carbocycles. The highest BCUT2D eigenvalue weighted by Crippen LogP contribution is 2.30. The van der Waals surface area contributed by atoms with Gasteiger partial charge in [0.2, 0.25) is 5.91 Å². The van der Waals surface area contributed by atoms with Crippen molar-refractivity contribution in [2.24, 2.45) is 0 Å². The highest BCUT2D eigenvalue weighted by molar-refractivity contribution is 8.01. The quantitative estimate of drug-likeness (QED) is 0.350. The lowest BCUT2D eigenvalue weighted by Crippen LogP contribution is -2.13. The Kier molecular flexibility index (Phi) is 5.56. The van der Waals surface area contributed by atoms with Crippen molar-refractivity contribution in [2.75, 3.05) is 17.7 Å². The van der Waals surface area contributed by atoms with Crippen molar-refractivity contribution >= 4 is 71.9 Å². The van der Waals surface area contributed by atoms with E-state index in [-0.39, 0.29) is 17.6 Å². The number of carbonyl (C=O) groups excluding carboxylic acids is 2. The molecule has 6 nitrogen and oxygen atoms in total. The zero-order valence-corrected chi connectivity index (χ0v) is 17.2. The van der Waals surface area contributed by atoms with Crippen molar-refractivity contribution in [3.8, 4) is 0 Å². The van der Waals surface area contributed by atoms with Crippen LogP contribution in [0.15, 0.2) is 46.8 Å². The SMILES string of the molecule is CCOC(=O)c1ccc2nc(NC(=O)CSc3nc4ccccc4s3)sc2c1. The van der Waals surface area contributed by atoms with E-state index in [2.05, 4.69) is 15.3 Å². The monoisotopic (exact) mass is 429 g/mol. The third-order valence-corrected chi connectivity index (χ3v) is 6.86. The van der Waals surface area contributed by atoms with Gasteiger partial charge in [-0.2, -0.15) is 0 Å². The Morgan fingerprint density at radius 3 is 2.71 bits per heavy atom.